The molecule has 4 rings (SSSR count). The van der Waals surface area contributed by atoms with Crippen LogP contribution in [0.2, 0.25) is 0 Å². The van der Waals surface area contributed by atoms with Crippen LogP contribution in [0.5, 0.6) is 0 Å². The van der Waals surface area contributed by atoms with E-state index in [9.17, 15) is 4.79 Å². The van der Waals surface area contributed by atoms with Gasteiger partial charge in [-0.1, -0.05) is 72.8 Å². The number of carbonyl (C=O) groups excluding carboxylic acids is 1. The number of rotatable bonds is 3. The predicted octanol–water partition coefficient (Wildman–Crippen LogP) is 5.05. The Labute approximate surface area is 136 Å². The fourth-order valence-electron chi connectivity index (χ4n) is 3.39. The standard InChI is InChI=1S/C22H18O/c23-22-15-20(17-6-2-1-3-7-17)14-21(22)13-16-10-11-18-8-4-5-9-19(18)12-16/h1-12,15,21H,13-14H2. The molecular weight excluding hydrogens is 280 g/mol. The minimum Gasteiger partial charge on any atom is -0.295 e. The molecule has 3 aromatic rings. The number of benzene rings is 3. The highest BCUT2D eigenvalue weighted by Crippen LogP contribution is 2.32. The normalized spacial score (nSPS) is 17.5. The maximum absolute atomic E-state index is 12.3. The molecule has 1 heteroatoms. The van der Waals surface area contributed by atoms with Gasteiger partial charge in [-0.05, 0) is 46.4 Å². The molecule has 3 aromatic carbocycles. The Hall–Kier alpha value is -2.67. The van der Waals surface area contributed by atoms with Gasteiger partial charge >= 0.3 is 0 Å². The van der Waals surface area contributed by atoms with Gasteiger partial charge in [0.25, 0.3) is 0 Å². The third-order valence-corrected chi connectivity index (χ3v) is 4.63. The average molecular weight is 298 g/mol. The van der Waals surface area contributed by atoms with E-state index in [1.54, 1.807) is 0 Å². The molecule has 1 unspecified atom stereocenters. The van der Waals surface area contributed by atoms with Crippen LogP contribution in [0.25, 0.3) is 16.3 Å². The Morgan fingerprint density at radius 2 is 1.57 bits per heavy atom. The first-order valence-corrected chi connectivity index (χ1v) is 8.07. The molecule has 23 heavy (non-hydrogen) atoms. The van der Waals surface area contributed by atoms with Crippen LogP contribution in [0, 0.1) is 5.92 Å². The van der Waals surface area contributed by atoms with Gasteiger partial charge in [0.2, 0.25) is 0 Å². The van der Waals surface area contributed by atoms with Crippen molar-refractivity contribution in [3.63, 3.8) is 0 Å². The van der Waals surface area contributed by atoms with Crippen molar-refractivity contribution < 1.29 is 4.79 Å². The van der Waals surface area contributed by atoms with E-state index < -0.39 is 0 Å². The molecule has 0 fully saturated rings. The molecule has 0 amide bonds. The number of hydrogen-bond acceptors (Lipinski definition) is 1. The Kier molecular flexibility index (Phi) is 3.55. The number of allylic oxidation sites excluding steroid dienone is 2. The van der Waals surface area contributed by atoms with Crippen molar-refractivity contribution in [1.29, 1.82) is 0 Å². The lowest BCUT2D eigenvalue weighted by atomic mass is 9.93. The van der Waals surface area contributed by atoms with Crippen LogP contribution in [0.15, 0.2) is 78.9 Å². The summed E-state index contributed by atoms with van der Waals surface area (Å²) in [4.78, 5) is 12.3. The smallest absolute Gasteiger partial charge is 0.159 e. The third kappa shape index (κ3) is 2.83. The molecule has 1 aliphatic rings. The molecule has 0 saturated heterocycles. The number of hydrogen-bond donors (Lipinski definition) is 0. The van der Waals surface area contributed by atoms with Gasteiger partial charge in [0.15, 0.2) is 5.78 Å². The van der Waals surface area contributed by atoms with Crippen molar-refractivity contribution in [2.75, 3.05) is 0 Å². The van der Waals surface area contributed by atoms with E-state index in [4.69, 9.17) is 0 Å². The van der Waals surface area contributed by atoms with Crippen LogP contribution in [0.3, 0.4) is 0 Å². The molecule has 0 saturated carbocycles. The van der Waals surface area contributed by atoms with Gasteiger partial charge in [0.1, 0.15) is 0 Å². The molecule has 1 atom stereocenters. The van der Waals surface area contributed by atoms with Crippen molar-refractivity contribution in [3.05, 3.63) is 90.0 Å². The third-order valence-electron chi connectivity index (χ3n) is 4.63. The van der Waals surface area contributed by atoms with Crippen molar-refractivity contribution in [3.8, 4) is 0 Å². The summed E-state index contributed by atoms with van der Waals surface area (Å²) in [5.41, 5.74) is 3.58. The zero-order chi connectivity index (χ0) is 15.6. The first-order chi connectivity index (χ1) is 11.3. The highest BCUT2D eigenvalue weighted by atomic mass is 16.1. The lowest BCUT2D eigenvalue weighted by molar-refractivity contribution is -0.117. The summed E-state index contributed by atoms with van der Waals surface area (Å²) >= 11 is 0. The SMILES string of the molecule is O=C1C=C(c2ccccc2)CC1Cc1ccc2ccccc2c1. The maximum atomic E-state index is 12.3. The highest BCUT2D eigenvalue weighted by Gasteiger charge is 2.26. The van der Waals surface area contributed by atoms with Gasteiger partial charge in [0.05, 0.1) is 0 Å². The number of carbonyl (C=O) groups is 1. The molecule has 0 bridgehead atoms. The molecule has 0 aliphatic heterocycles. The molecule has 0 spiro atoms. The van der Waals surface area contributed by atoms with Crippen molar-refractivity contribution >= 4 is 22.1 Å². The second-order valence-corrected chi connectivity index (χ2v) is 6.22. The topological polar surface area (TPSA) is 17.1 Å². The molecule has 0 aromatic heterocycles. The summed E-state index contributed by atoms with van der Waals surface area (Å²) in [6, 6.07) is 25.1. The largest absolute Gasteiger partial charge is 0.295 e. The van der Waals surface area contributed by atoms with E-state index in [-0.39, 0.29) is 11.7 Å². The molecule has 1 nitrogen and oxygen atoms in total. The summed E-state index contributed by atoms with van der Waals surface area (Å²) < 4.78 is 0. The quantitative estimate of drug-likeness (QED) is 0.661. The maximum Gasteiger partial charge on any atom is 0.159 e. The van der Waals surface area contributed by atoms with Crippen LogP contribution >= 0.6 is 0 Å². The van der Waals surface area contributed by atoms with E-state index in [2.05, 4.69) is 54.6 Å². The zero-order valence-electron chi connectivity index (χ0n) is 12.9. The first-order valence-electron chi connectivity index (χ1n) is 8.07. The van der Waals surface area contributed by atoms with Crippen molar-refractivity contribution in [2.45, 2.75) is 12.8 Å². The summed E-state index contributed by atoms with van der Waals surface area (Å²) in [5.74, 6) is 0.336. The van der Waals surface area contributed by atoms with Gasteiger partial charge < -0.3 is 0 Å². The lowest BCUT2D eigenvalue weighted by Gasteiger charge is -2.10. The predicted molar refractivity (Wildman–Crippen MR) is 95.2 cm³/mol. The molecule has 0 heterocycles. The van der Waals surface area contributed by atoms with E-state index in [0.717, 1.165) is 12.8 Å². The Morgan fingerprint density at radius 1 is 0.826 bits per heavy atom. The van der Waals surface area contributed by atoms with Gasteiger partial charge in [0, 0.05) is 5.92 Å². The van der Waals surface area contributed by atoms with Gasteiger partial charge in [-0.15, -0.1) is 0 Å². The van der Waals surface area contributed by atoms with Crippen LogP contribution in [-0.4, -0.2) is 5.78 Å². The van der Waals surface area contributed by atoms with Crippen LogP contribution in [0.4, 0.5) is 0 Å². The minimum absolute atomic E-state index is 0.0753. The molecule has 1 aliphatic carbocycles. The zero-order valence-corrected chi connectivity index (χ0v) is 12.9. The monoisotopic (exact) mass is 298 g/mol. The average Bonchev–Trinajstić information content (AvgIpc) is 2.96. The van der Waals surface area contributed by atoms with Gasteiger partial charge in [-0.2, -0.15) is 0 Å². The van der Waals surface area contributed by atoms with Crippen molar-refractivity contribution in [1.82, 2.24) is 0 Å². The van der Waals surface area contributed by atoms with E-state index >= 15 is 0 Å². The van der Waals surface area contributed by atoms with Crippen molar-refractivity contribution in [2.24, 2.45) is 5.92 Å². The molecule has 0 N–H and O–H groups in total. The highest BCUT2D eigenvalue weighted by molar-refractivity contribution is 6.03. The second kappa shape index (κ2) is 5.85. The fourth-order valence-corrected chi connectivity index (χ4v) is 3.39. The number of ketones is 1. The molecule has 0 radical (unpaired) electrons. The molecule has 112 valence electrons. The van der Waals surface area contributed by atoms with Gasteiger partial charge in [-0.25, -0.2) is 0 Å². The first kappa shape index (κ1) is 14.0. The Morgan fingerprint density at radius 3 is 2.39 bits per heavy atom. The van der Waals surface area contributed by atoms with E-state index in [1.165, 1.54) is 27.5 Å². The molecular formula is C22H18O. The van der Waals surface area contributed by atoms with Crippen LogP contribution < -0.4 is 0 Å². The number of fused-ring (bicyclic) bond motifs is 1. The van der Waals surface area contributed by atoms with E-state index in [1.807, 2.05) is 24.3 Å². The summed E-state index contributed by atoms with van der Waals surface area (Å²) in [6.07, 6.45) is 3.49. The second-order valence-electron chi connectivity index (χ2n) is 6.22. The van der Waals surface area contributed by atoms with Crippen LogP contribution in [0.1, 0.15) is 17.5 Å². The van der Waals surface area contributed by atoms with Crippen LogP contribution in [-0.2, 0) is 11.2 Å². The van der Waals surface area contributed by atoms with Gasteiger partial charge in [-0.3, -0.25) is 4.79 Å². The van der Waals surface area contributed by atoms with E-state index in [0.29, 0.717) is 0 Å². The minimum atomic E-state index is 0.0753. The summed E-state index contributed by atoms with van der Waals surface area (Å²) in [5, 5.41) is 2.49. The Bertz CT molecular complexity index is 890. The fraction of sp³-hybridized carbons (Fsp3) is 0.136. The summed E-state index contributed by atoms with van der Waals surface area (Å²) in [6.45, 7) is 0. The lowest BCUT2D eigenvalue weighted by Crippen LogP contribution is -2.10. The Balaban J connectivity index is 1.54. The summed E-state index contributed by atoms with van der Waals surface area (Å²) in [7, 11) is 0.